The molecule has 0 N–H and O–H groups in total. The smallest absolute Gasteiger partial charge is 0.417 e. The summed E-state index contributed by atoms with van der Waals surface area (Å²) in [7, 11) is 1.36. The van der Waals surface area contributed by atoms with Crippen molar-refractivity contribution in [2.45, 2.75) is 45.6 Å². The number of halogens is 3. The van der Waals surface area contributed by atoms with E-state index in [-0.39, 0.29) is 24.1 Å². The molecule has 0 spiro atoms. The molecule has 0 bridgehead atoms. The first-order valence-corrected chi connectivity index (χ1v) is 9.66. The van der Waals surface area contributed by atoms with Crippen molar-refractivity contribution < 1.29 is 27.4 Å². The number of alkyl halides is 3. The number of fused-ring (bicyclic) bond motifs is 1. The Hall–Kier alpha value is -2.12. The average Bonchev–Trinajstić information content (AvgIpc) is 3.08. The second-order valence-electron chi connectivity index (χ2n) is 6.24. The summed E-state index contributed by atoms with van der Waals surface area (Å²) in [6.07, 6.45) is 1.95. The zero-order valence-corrected chi connectivity index (χ0v) is 16.8. The molecule has 1 aromatic heterocycles. The van der Waals surface area contributed by atoms with Gasteiger partial charge in [-0.05, 0) is 38.5 Å². The first-order chi connectivity index (χ1) is 13.2. The Bertz CT molecular complexity index is 865. The quantitative estimate of drug-likeness (QED) is 0.378. The number of ether oxygens (including phenoxy) is 2. The van der Waals surface area contributed by atoms with E-state index in [0.29, 0.717) is 17.5 Å². The van der Waals surface area contributed by atoms with Gasteiger partial charge in [-0.1, -0.05) is 29.9 Å². The summed E-state index contributed by atoms with van der Waals surface area (Å²) in [6, 6.07) is 5.75. The fourth-order valence-corrected chi connectivity index (χ4v) is 3.64. The highest BCUT2D eigenvalue weighted by Crippen LogP contribution is 2.38. The van der Waals surface area contributed by atoms with Crippen LogP contribution in [0.15, 0.2) is 48.1 Å². The van der Waals surface area contributed by atoms with Gasteiger partial charge in [0, 0.05) is 21.4 Å². The van der Waals surface area contributed by atoms with Gasteiger partial charge in [0.2, 0.25) is 0 Å². The predicted octanol–water partition coefficient (Wildman–Crippen LogP) is 6.28. The molecule has 0 aliphatic heterocycles. The normalized spacial score (nSPS) is 14.0. The van der Waals surface area contributed by atoms with Crippen LogP contribution in [-0.4, -0.2) is 19.2 Å². The summed E-state index contributed by atoms with van der Waals surface area (Å²) < 4.78 is 50.3. The van der Waals surface area contributed by atoms with Crippen molar-refractivity contribution in [1.82, 2.24) is 0 Å². The van der Waals surface area contributed by atoms with E-state index < -0.39 is 11.7 Å². The third-order valence-electron chi connectivity index (χ3n) is 4.20. The third kappa shape index (κ3) is 6.21. The molecule has 0 saturated carbocycles. The predicted molar refractivity (Wildman–Crippen MR) is 105 cm³/mol. The van der Waals surface area contributed by atoms with Crippen LogP contribution < -0.4 is 0 Å². The van der Waals surface area contributed by atoms with Gasteiger partial charge in [-0.25, -0.2) is 0 Å². The van der Waals surface area contributed by atoms with Gasteiger partial charge in [0.25, 0.3) is 0 Å². The molecule has 2 aromatic rings. The molecule has 7 heteroatoms. The number of allylic oxidation sites excluding steroid dienone is 3. The highest BCUT2D eigenvalue weighted by Gasteiger charge is 2.32. The monoisotopic (exact) mass is 412 g/mol. The molecule has 1 atom stereocenters. The molecule has 2 rings (SSSR count). The molecule has 0 fully saturated rings. The number of rotatable bonds is 8. The van der Waals surface area contributed by atoms with E-state index in [1.807, 2.05) is 32.1 Å². The summed E-state index contributed by atoms with van der Waals surface area (Å²) in [5.41, 5.74) is 0.362. The lowest BCUT2D eigenvalue weighted by atomic mass is 10.1. The van der Waals surface area contributed by atoms with Crippen LogP contribution in [0.5, 0.6) is 0 Å². The molecule has 152 valence electrons. The van der Waals surface area contributed by atoms with E-state index in [4.69, 9.17) is 4.74 Å². The zero-order valence-electron chi connectivity index (χ0n) is 16.0. The SMILES string of the molecule is C/C=C(\C=C/C(C)OCc1cc2c(C(F)(F)F)cccc2s1)CCC(=O)OC. The molecule has 0 aliphatic rings. The van der Waals surface area contributed by atoms with E-state index in [1.165, 1.54) is 24.5 Å². The van der Waals surface area contributed by atoms with Crippen LogP contribution in [0.25, 0.3) is 10.1 Å². The molecule has 0 saturated heterocycles. The number of carbonyl (C=O) groups excluding carboxylic acids is 1. The van der Waals surface area contributed by atoms with Crippen molar-refractivity contribution in [2.24, 2.45) is 0 Å². The minimum absolute atomic E-state index is 0.209. The van der Waals surface area contributed by atoms with E-state index in [0.717, 1.165) is 16.5 Å². The fraction of sp³-hybridized carbons (Fsp3) is 0.381. The number of esters is 1. The summed E-state index contributed by atoms with van der Waals surface area (Å²) >= 11 is 1.30. The zero-order chi connectivity index (χ0) is 20.7. The number of methoxy groups -OCH3 is 1. The molecular formula is C21H23F3O3S. The van der Waals surface area contributed by atoms with Gasteiger partial charge in [-0.2, -0.15) is 13.2 Å². The lowest BCUT2D eigenvalue weighted by molar-refractivity contribution is -0.140. The second kappa shape index (κ2) is 9.89. The van der Waals surface area contributed by atoms with Crippen molar-refractivity contribution >= 4 is 27.4 Å². The molecule has 1 aromatic carbocycles. The van der Waals surface area contributed by atoms with E-state index in [2.05, 4.69) is 4.74 Å². The molecule has 0 radical (unpaired) electrons. The highest BCUT2D eigenvalue weighted by molar-refractivity contribution is 7.19. The van der Waals surface area contributed by atoms with Crippen LogP contribution in [-0.2, 0) is 27.1 Å². The maximum Gasteiger partial charge on any atom is 0.417 e. The molecule has 28 heavy (non-hydrogen) atoms. The Labute approximate surface area is 166 Å². The van der Waals surface area contributed by atoms with Crippen LogP contribution in [0.3, 0.4) is 0 Å². The van der Waals surface area contributed by atoms with Crippen molar-refractivity contribution in [2.75, 3.05) is 7.11 Å². The van der Waals surface area contributed by atoms with Crippen LogP contribution >= 0.6 is 11.3 Å². The van der Waals surface area contributed by atoms with E-state index >= 15 is 0 Å². The lowest BCUT2D eigenvalue weighted by Crippen LogP contribution is -2.05. The number of thiophene rings is 1. The number of hydrogen-bond acceptors (Lipinski definition) is 4. The average molecular weight is 412 g/mol. The second-order valence-corrected chi connectivity index (χ2v) is 7.41. The minimum atomic E-state index is -4.37. The maximum atomic E-state index is 13.1. The van der Waals surface area contributed by atoms with Gasteiger partial charge >= 0.3 is 12.1 Å². The molecule has 1 unspecified atom stereocenters. The van der Waals surface area contributed by atoms with Crippen LogP contribution in [0, 0.1) is 0 Å². The Kier molecular flexibility index (Phi) is 7.83. The van der Waals surface area contributed by atoms with Crippen LogP contribution in [0.2, 0.25) is 0 Å². The molecule has 3 nitrogen and oxygen atoms in total. The molecule has 0 aliphatic carbocycles. The minimum Gasteiger partial charge on any atom is -0.469 e. The third-order valence-corrected chi connectivity index (χ3v) is 5.28. The first kappa shape index (κ1) is 22.2. The maximum absolute atomic E-state index is 13.1. The molecule has 1 heterocycles. The van der Waals surface area contributed by atoms with Crippen molar-refractivity contribution in [1.29, 1.82) is 0 Å². The molecular weight excluding hydrogens is 389 g/mol. The van der Waals surface area contributed by atoms with Crippen molar-refractivity contribution in [3.63, 3.8) is 0 Å². The number of hydrogen-bond donors (Lipinski definition) is 0. The van der Waals surface area contributed by atoms with Crippen molar-refractivity contribution in [3.8, 4) is 0 Å². The largest absolute Gasteiger partial charge is 0.469 e. The fourth-order valence-electron chi connectivity index (χ4n) is 2.63. The summed E-state index contributed by atoms with van der Waals surface area (Å²) in [4.78, 5) is 12.0. The Balaban J connectivity index is 1.97. The van der Waals surface area contributed by atoms with Gasteiger partial charge < -0.3 is 9.47 Å². The first-order valence-electron chi connectivity index (χ1n) is 8.85. The summed E-state index contributed by atoms with van der Waals surface area (Å²) in [5.74, 6) is -0.264. The lowest BCUT2D eigenvalue weighted by Gasteiger charge is -2.08. The topological polar surface area (TPSA) is 35.5 Å². The Morgan fingerprint density at radius 1 is 1.29 bits per heavy atom. The summed E-state index contributed by atoms with van der Waals surface area (Å²) in [5, 5.41) is 0.209. The van der Waals surface area contributed by atoms with Gasteiger partial charge in [0.1, 0.15) is 0 Å². The molecule has 0 amide bonds. The highest BCUT2D eigenvalue weighted by atomic mass is 32.1. The number of carbonyl (C=O) groups is 1. The van der Waals surface area contributed by atoms with Gasteiger partial charge in [0.15, 0.2) is 0 Å². The Morgan fingerprint density at radius 3 is 2.68 bits per heavy atom. The van der Waals surface area contributed by atoms with E-state index in [1.54, 1.807) is 12.1 Å². The summed E-state index contributed by atoms with van der Waals surface area (Å²) in [6.45, 7) is 3.98. The van der Waals surface area contributed by atoms with Crippen LogP contribution in [0.4, 0.5) is 13.2 Å². The number of benzene rings is 1. The van der Waals surface area contributed by atoms with Crippen LogP contribution in [0.1, 0.15) is 37.1 Å². The van der Waals surface area contributed by atoms with Crippen molar-refractivity contribution in [3.05, 3.63) is 58.5 Å². The standard InChI is InChI=1S/C21H23F3O3S/c1-4-15(10-11-20(25)26-3)9-8-14(2)27-13-16-12-17-18(21(22,23)24)6-5-7-19(17)28-16/h4-9,12,14H,10-11,13H2,1-3H3/b9-8-,15-4+. The van der Waals surface area contributed by atoms with Gasteiger partial charge in [-0.15, -0.1) is 11.3 Å². The van der Waals surface area contributed by atoms with Gasteiger partial charge in [0.05, 0.1) is 25.4 Å². The van der Waals surface area contributed by atoms with Gasteiger partial charge in [-0.3, -0.25) is 4.79 Å². The Morgan fingerprint density at radius 2 is 2.04 bits per heavy atom. The van der Waals surface area contributed by atoms with E-state index in [9.17, 15) is 18.0 Å².